The van der Waals surface area contributed by atoms with Crippen LogP contribution in [-0.2, 0) is 11.2 Å². The first-order chi connectivity index (χ1) is 17.2. The topological polar surface area (TPSA) is 113 Å². The fourth-order valence-corrected chi connectivity index (χ4v) is 4.89. The number of aliphatic hydroxyl groups is 1. The number of hydrogen-bond acceptors (Lipinski definition) is 7. The summed E-state index contributed by atoms with van der Waals surface area (Å²) >= 11 is 0.979. The van der Waals surface area contributed by atoms with Crippen molar-refractivity contribution in [1.82, 2.24) is 0 Å². The molecule has 0 spiro atoms. The molecule has 0 bridgehead atoms. The molecule has 0 fully saturated rings. The van der Waals surface area contributed by atoms with Gasteiger partial charge in [-0.25, -0.2) is 18.5 Å². The van der Waals surface area contributed by atoms with Crippen LogP contribution >= 0.6 is 11.3 Å². The number of amides is 2. The zero-order valence-electron chi connectivity index (χ0n) is 19.0. The number of nitrogens with zero attached hydrogens (tertiary/aromatic N) is 1. The Morgan fingerprint density at radius 3 is 2.69 bits per heavy atom. The molecule has 2 amide bonds. The van der Waals surface area contributed by atoms with E-state index in [1.807, 2.05) is 0 Å². The number of aliphatic hydroxyl groups excluding tert-OH is 1. The van der Waals surface area contributed by atoms with Gasteiger partial charge in [0.2, 0.25) is 5.91 Å². The molecule has 0 aliphatic carbocycles. The minimum Gasteiger partial charge on any atom is -0.493 e. The van der Waals surface area contributed by atoms with Crippen molar-refractivity contribution < 1.29 is 42.9 Å². The molecule has 8 nitrogen and oxygen atoms in total. The third-order valence-corrected chi connectivity index (χ3v) is 6.51. The van der Waals surface area contributed by atoms with E-state index < -0.39 is 41.2 Å². The number of fused-ring (bicyclic) bond motifs is 1. The quantitative estimate of drug-likeness (QED) is 0.320. The van der Waals surface area contributed by atoms with Gasteiger partial charge < -0.3 is 19.7 Å². The van der Waals surface area contributed by atoms with E-state index >= 15 is 0 Å². The third-order valence-electron chi connectivity index (χ3n) is 5.53. The fraction of sp³-hybridized carbons (Fsp3) is 0.240. The van der Waals surface area contributed by atoms with Crippen molar-refractivity contribution in [2.24, 2.45) is 0 Å². The van der Waals surface area contributed by atoms with E-state index in [2.05, 4.69) is 0 Å². The molecule has 4 rings (SSSR count). The zero-order valence-corrected chi connectivity index (χ0v) is 19.8. The van der Waals surface area contributed by atoms with Gasteiger partial charge in [-0.1, -0.05) is 6.07 Å². The highest BCUT2D eigenvalue weighted by molar-refractivity contribution is 7.11. The molecule has 11 heteroatoms. The average Bonchev–Trinajstić information content (AvgIpc) is 3.25. The van der Waals surface area contributed by atoms with Gasteiger partial charge in [-0.15, -0.1) is 11.3 Å². The van der Waals surface area contributed by atoms with Crippen molar-refractivity contribution in [1.29, 1.82) is 0 Å². The van der Waals surface area contributed by atoms with Crippen molar-refractivity contribution in [3.63, 3.8) is 0 Å². The summed E-state index contributed by atoms with van der Waals surface area (Å²) in [6.45, 7) is 1.61. The summed E-state index contributed by atoms with van der Waals surface area (Å²) in [6.07, 6.45) is -0.827. The van der Waals surface area contributed by atoms with Crippen molar-refractivity contribution >= 4 is 34.8 Å². The molecule has 1 atom stereocenters. The molecule has 0 radical (unpaired) electrons. The number of thiophene rings is 1. The van der Waals surface area contributed by atoms with Crippen LogP contribution in [0.5, 0.6) is 11.5 Å². The summed E-state index contributed by atoms with van der Waals surface area (Å²) in [7, 11) is 0. The van der Waals surface area contributed by atoms with Crippen molar-refractivity contribution in [3.8, 4) is 11.5 Å². The SMILES string of the molecule is CC(Oc1ccc(F)c(N2C(=O)Cc3scc(C(=O)O)c3C2=O)c1)c1c(F)cccc1OCCCO. The second kappa shape index (κ2) is 10.4. The minimum absolute atomic E-state index is 0.0404. The molecule has 3 aromatic rings. The Morgan fingerprint density at radius 1 is 1.19 bits per heavy atom. The molecule has 36 heavy (non-hydrogen) atoms. The van der Waals surface area contributed by atoms with Crippen LogP contribution in [-0.4, -0.2) is 41.2 Å². The number of carboxylic acids is 1. The first-order valence-corrected chi connectivity index (χ1v) is 11.8. The third kappa shape index (κ3) is 4.79. The summed E-state index contributed by atoms with van der Waals surface area (Å²) in [5.41, 5.74) is -0.717. The van der Waals surface area contributed by atoms with E-state index in [0.717, 1.165) is 23.5 Å². The van der Waals surface area contributed by atoms with Crippen LogP contribution < -0.4 is 14.4 Å². The van der Waals surface area contributed by atoms with E-state index in [1.165, 1.54) is 23.6 Å². The lowest BCUT2D eigenvalue weighted by Crippen LogP contribution is -2.43. The summed E-state index contributed by atoms with van der Waals surface area (Å²) in [4.78, 5) is 38.3. The van der Waals surface area contributed by atoms with Crippen LogP contribution in [0, 0.1) is 11.6 Å². The van der Waals surface area contributed by atoms with Crippen LogP contribution in [0.25, 0.3) is 0 Å². The number of carboxylic acid groups (broad SMARTS) is 1. The van der Waals surface area contributed by atoms with E-state index in [9.17, 15) is 28.3 Å². The highest BCUT2D eigenvalue weighted by Gasteiger charge is 2.38. The number of ether oxygens (including phenoxy) is 2. The van der Waals surface area contributed by atoms with Gasteiger partial charge >= 0.3 is 5.97 Å². The lowest BCUT2D eigenvalue weighted by molar-refractivity contribution is -0.117. The van der Waals surface area contributed by atoms with Crippen LogP contribution in [0.1, 0.15) is 50.6 Å². The minimum atomic E-state index is -1.33. The lowest BCUT2D eigenvalue weighted by Gasteiger charge is -2.26. The zero-order chi connectivity index (χ0) is 26.0. The number of imide groups is 1. The molecule has 2 N–H and O–H groups in total. The number of benzene rings is 2. The maximum atomic E-state index is 14.8. The molecule has 1 aliphatic rings. The van der Waals surface area contributed by atoms with Gasteiger partial charge in [-0.05, 0) is 31.2 Å². The summed E-state index contributed by atoms with van der Waals surface area (Å²) < 4.78 is 40.8. The summed E-state index contributed by atoms with van der Waals surface area (Å²) in [5, 5.41) is 19.6. The fourth-order valence-electron chi connectivity index (χ4n) is 3.89. The summed E-state index contributed by atoms with van der Waals surface area (Å²) in [5.74, 6) is -4.24. The Kier molecular flexibility index (Phi) is 7.32. The lowest BCUT2D eigenvalue weighted by atomic mass is 10.0. The number of anilines is 1. The highest BCUT2D eigenvalue weighted by Crippen LogP contribution is 2.36. The molecular formula is C25H21F2NO7S. The molecule has 2 heterocycles. The van der Waals surface area contributed by atoms with Crippen molar-refractivity contribution in [2.75, 3.05) is 18.1 Å². The molecular weight excluding hydrogens is 496 g/mol. The normalized spacial score (nSPS) is 13.9. The van der Waals surface area contributed by atoms with Gasteiger partial charge in [-0.2, -0.15) is 0 Å². The maximum absolute atomic E-state index is 14.8. The first kappa shape index (κ1) is 25.3. The van der Waals surface area contributed by atoms with E-state index in [1.54, 1.807) is 13.0 Å². The number of halogens is 2. The number of carbonyl (C=O) groups excluding carboxylic acids is 2. The molecule has 188 valence electrons. The Labute approximate surface area is 208 Å². The predicted octanol–water partition coefficient (Wildman–Crippen LogP) is 4.36. The summed E-state index contributed by atoms with van der Waals surface area (Å²) in [6, 6.07) is 7.64. The van der Waals surface area contributed by atoms with Crippen LogP contribution in [0.15, 0.2) is 41.8 Å². The van der Waals surface area contributed by atoms with E-state index in [-0.39, 0.29) is 47.8 Å². The first-order valence-electron chi connectivity index (χ1n) is 10.9. The molecule has 1 aliphatic heterocycles. The Bertz CT molecular complexity index is 1340. The van der Waals surface area contributed by atoms with Crippen LogP contribution in [0.3, 0.4) is 0 Å². The van der Waals surface area contributed by atoms with E-state index in [4.69, 9.17) is 14.6 Å². The largest absolute Gasteiger partial charge is 0.493 e. The van der Waals surface area contributed by atoms with Crippen molar-refractivity contribution in [3.05, 3.63) is 75.0 Å². The highest BCUT2D eigenvalue weighted by atomic mass is 32.1. The molecule has 0 saturated carbocycles. The smallest absolute Gasteiger partial charge is 0.337 e. The standard InChI is InChI=1S/C25H21F2NO7S/c1-13(22-17(27)4-2-5-19(22)34-9-3-8-29)35-14-6-7-16(26)18(10-14)28-21(30)11-20-23(24(28)31)15(12-36-20)25(32)33/h2,4-7,10,12-13,29H,3,8-9,11H2,1H3,(H,32,33). The van der Waals surface area contributed by atoms with E-state index in [0.29, 0.717) is 16.2 Å². The van der Waals surface area contributed by atoms with Gasteiger partial charge in [0.15, 0.2) is 0 Å². The maximum Gasteiger partial charge on any atom is 0.337 e. The predicted molar refractivity (Wildman–Crippen MR) is 126 cm³/mol. The Hall–Kier alpha value is -3.83. The van der Waals surface area contributed by atoms with Crippen molar-refractivity contribution in [2.45, 2.75) is 25.9 Å². The molecule has 1 aromatic heterocycles. The Balaban J connectivity index is 1.64. The van der Waals surface area contributed by atoms with Gasteiger partial charge in [0, 0.05) is 29.4 Å². The number of rotatable bonds is 9. The number of hydrogen-bond donors (Lipinski definition) is 2. The average molecular weight is 518 g/mol. The monoisotopic (exact) mass is 517 g/mol. The second-order valence-corrected chi connectivity index (χ2v) is 8.88. The number of aromatic carboxylic acids is 1. The van der Waals surface area contributed by atoms with Gasteiger partial charge in [0.25, 0.3) is 5.91 Å². The molecule has 2 aromatic carbocycles. The van der Waals surface area contributed by atoms with Crippen LogP contribution in [0.4, 0.5) is 14.5 Å². The van der Waals surface area contributed by atoms with Gasteiger partial charge in [0.05, 0.1) is 35.4 Å². The second-order valence-electron chi connectivity index (χ2n) is 7.91. The molecule has 0 saturated heterocycles. The number of carbonyl (C=O) groups is 3. The van der Waals surface area contributed by atoms with Gasteiger partial charge in [0.1, 0.15) is 29.2 Å². The Morgan fingerprint density at radius 2 is 1.97 bits per heavy atom. The molecule has 1 unspecified atom stereocenters. The van der Waals surface area contributed by atoms with Crippen LogP contribution in [0.2, 0.25) is 0 Å². The van der Waals surface area contributed by atoms with Gasteiger partial charge in [-0.3, -0.25) is 9.59 Å².